The summed E-state index contributed by atoms with van der Waals surface area (Å²) >= 11 is 6.41. The minimum Gasteiger partial charge on any atom is -0.385 e. The van der Waals surface area contributed by atoms with Gasteiger partial charge < -0.3 is 15.1 Å². The summed E-state index contributed by atoms with van der Waals surface area (Å²) in [4.78, 5) is 29.0. The summed E-state index contributed by atoms with van der Waals surface area (Å²) < 4.78 is 42.5. The Morgan fingerprint density at radius 1 is 1.10 bits per heavy atom. The lowest BCUT2D eigenvalue weighted by Crippen LogP contribution is -2.55. The van der Waals surface area contributed by atoms with E-state index < -0.39 is 17.5 Å². The molecule has 40 heavy (non-hydrogen) atoms. The van der Waals surface area contributed by atoms with Crippen LogP contribution in [0.4, 0.5) is 18.9 Å². The number of hydrogen-bond acceptors (Lipinski definition) is 3. The van der Waals surface area contributed by atoms with E-state index in [1.807, 2.05) is 13.1 Å². The molecule has 2 saturated carbocycles. The first-order valence-electron chi connectivity index (χ1n) is 14.2. The highest BCUT2D eigenvalue weighted by atomic mass is 35.5. The topological polar surface area (TPSA) is 52.7 Å². The van der Waals surface area contributed by atoms with Crippen molar-refractivity contribution in [3.05, 3.63) is 64.7 Å². The van der Waals surface area contributed by atoms with Gasteiger partial charge in [0.15, 0.2) is 5.41 Å². The van der Waals surface area contributed by atoms with Crippen LogP contribution in [-0.2, 0) is 10.2 Å². The van der Waals surface area contributed by atoms with Crippen LogP contribution in [0.5, 0.6) is 0 Å². The molecular formula is C31H37ClF3N3O2. The van der Waals surface area contributed by atoms with Crippen LogP contribution in [0.3, 0.4) is 0 Å². The molecule has 2 amide bonds. The summed E-state index contributed by atoms with van der Waals surface area (Å²) in [5.74, 6) is -0.363. The SMILES string of the molecule is CN(C(=O)c1ccc(NCCC[C@@H]2CC23CCN(C(=O)C(C)(c2ccccc2)C(F)(F)F)CC3)cc1Cl)C1CC1. The molecular weight excluding hydrogens is 539 g/mol. The predicted molar refractivity (Wildman–Crippen MR) is 150 cm³/mol. The van der Waals surface area contributed by atoms with Gasteiger partial charge in [-0.2, -0.15) is 13.2 Å². The Labute approximate surface area is 239 Å². The molecule has 3 fully saturated rings. The normalized spacial score (nSPS) is 21.6. The second-order valence-electron chi connectivity index (χ2n) is 12.0. The van der Waals surface area contributed by atoms with Crippen LogP contribution in [0.2, 0.25) is 5.02 Å². The Bertz CT molecular complexity index is 1240. The Hall–Kier alpha value is -2.74. The van der Waals surface area contributed by atoms with Crippen molar-refractivity contribution in [1.82, 2.24) is 9.80 Å². The molecule has 2 atom stereocenters. The highest BCUT2D eigenvalue weighted by Gasteiger charge is 2.61. The first-order valence-corrected chi connectivity index (χ1v) is 14.6. The molecule has 1 unspecified atom stereocenters. The first kappa shape index (κ1) is 28.8. The Balaban J connectivity index is 1.08. The highest BCUT2D eigenvalue weighted by Crippen LogP contribution is 2.61. The van der Waals surface area contributed by atoms with Gasteiger partial charge in [0, 0.05) is 38.4 Å². The second kappa shape index (κ2) is 10.9. The lowest BCUT2D eigenvalue weighted by molar-refractivity contribution is -0.198. The summed E-state index contributed by atoms with van der Waals surface area (Å²) in [6, 6.07) is 13.3. The molecule has 5 rings (SSSR count). The van der Waals surface area contributed by atoms with Crippen LogP contribution in [0.25, 0.3) is 0 Å². The monoisotopic (exact) mass is 575 g/mol. The van der Waals surface area contributed by atoms with Crippen molar-refractivity contribution in [2.24, 2.45) is 11.3 Å². The zero-order valence-electron chi connectivity index (χ0n) is 23.1. The number of anilines is 1. The van der Waals surface area contributed by atoms with Crippen molar-refractivity contribution in [3.63, 3.8) is 0 Å². The van der Waals surface area contributed by atoms with E-state index in [4.69, 9.17) is 11.6 Å². The largest absolute Gasteiger partial charge is 0.406 e. The molecule has 1 aliphatic heterocycles. The van der Waals surface area contributed by atoms with Gasteiger partial charge in [-0.25, -0.2) is 0 Å². The van der Waals surface area contributed by atoms with Gasteiger partial charge in [-0.15, -0.1) is 0 Å². The fourth-order valence-electron chi connectivity index (χ4n) is 6.30. The van der Waals surface area contributed by atoms with Crippen molar-refractivity contribution in [2.75, 3.05) is 32.0 Å². The van der Waals surface area contributed by atoms with E-state index in [-0.39, 0.29) is 16.9 Å². The summed E-state index contributed by atoms with van der Waals surface area (Å²) in [5, 5.41) is 3.83. The molecule has 1 N–H and O–H groups in total. The maximum Gasteiger partial charge on any atom is 0.406 e. The predicted octanol–water partition coefficient (Wildman–Crippen LogP) is 6.92. The average molecular weight is 576 g/mol. The van der Waals surface area contributed by atoms with E-state index in [1.54, 1.807) is 35.2 Å². The molecule has 2 aromatic rings. The van der Waals surface area contributed by atoms with E-state index in [1.165, 1.54) is 17.0 Å². The van der Waals surface area contributed by atoms with Gasteiger partial charge in [-0.3, -0.25) is 9.59 Å². The molecule has 1 spiro atoms. The van der Waals surface area contributed by atoms with E-state index in [2.05, 4.69) is 5.32 Å². The molecule has 2 aromatic carbocycles. The minimum absolute atomic E-state index is 0.0160. The molecule has 3 aliphatic rings. The number of nitrogens with one attached hydrogen (secondary N) is 1. The zero-order valence-corrected chi connectivity index (χ0v) is 23.8. The van der Waals surface area contributed by atoms with Gasteiger partial charge in [0.2, 0.25) is 5.91 Å². The van der Waals surface area contributed by atoms with Crippen LogP contribution < -0.4 is 5.32 Å². The smallest absolute Gasteiger partial charge is 0.385 e. The standard InChI is InChI=1S/C31H37ClF3N3O2/c1-29(31(33,34)35,21-7-4-3-5-8-21)28(40)38-17-14-30(15-18-38)20-22(30)9-6-16-36-23-10-13-25(26(32)19-23)27(39)37(2)24-11-12-24/h3-5,7-8,10,13,19,22,24,36H,6,9,11-12,14-18,20H2,1-2H3/t22-,29?/m1/s1. The van der Waals surface area contributed by atoms with Crippen molar-refractivity contribution >= 4 is 29.1 Å². The zero-order chi connectivity index (χ0) is 28.7. The summed E-state index contributed by atoms with van der Waals surface area (Å²) in [5.41, 5.74) is -1.02. The number of hydrogen-bond donors (Lipinski definition) is 1. The van der Waals surface area contributed by atoms with Crippen molar-refractivity contribution in [1.29, 1.82) is 0 Å². The van der Waals surface area contributed by atoms with Gasteiger partial charge in [-0.1, -0.05) is 41.9 Å². The molecule has 1 saturated heterocycles. The average Bonchev–Trinajstić information content (AvgIpc) is 3.87. The number of rotatable bonds is 9. The van der Waals surface area contributed by atoms with E-state index in [0.717, 1.165) is 64.1 Å². The van der Waals surface area contributed by atoms with Crippen LogP contribution in [0.15, 0.2) is 48.5 Å². The third-order valence-electron chi connectivity index (χ3n) is 9.42. The van der Waals surface area contributed by atoms with Gasteiger partial charge in [-0.05, 0) is 87.0 Å². The quantitative estimate of drug-likeness (QED) is 0.330. The van der Waals surface area contributed by atoms with Crippen LogP contribution >= 0.6 is 11.6 Å². The molecule has 2 aliphatic carbocycles. The highest BCUT2D eigenvalue weighted by molar-refractivity contribution is 6.34. The number of halogens is 4. The molecule has 9 heteroatoms. The number of nitrogens with zero attached hydrogens (tertiary/aromatic N) is 2. The molecule has 0 bridgehead atoms. The third kappa shape index (κ3) is 5.56. The van der Waals surface area contributed by atoms with E-state index in [0.29, 0.717) is 35.6 Å². The van der Waals surface area contributed by atoms with Crippen molar-refractivity contribution in [2.45, 2.75) is 69.5 Å². The molecule has 5 nitrogen and oxygen atoms in total. The maximum atomic E-state index is 14.2. The third-order valence-corrected chi connectivity index (χ3v) is 9.74. The fraction of sp³-hybridized carbons (Fsp3) is 0.548. The maximum absolute atomic E-state index is 14.2. The molecule has 0 radical (unpaired) electrons. The van der Waals surface area contributed by atoms with Crippen LogP contribution in [0.1, 0.15) is 67.8 Å². The molecule has 0 aromatic heterocycles. The molecule has 216 valence electrons. The first-order chi connectivity index (χ1) is 19.0. The lowest BCUT2D eigenvalue weighted by Gasteiger charge is -2.40. The number of amides is 2. The van der Waals surface area contributed by atoms with Gasteiger partial charge in [0.05, 0.1) is 10.6 Å². The van der Waals surface area contributed by atoms with Crippen molar-refractivity contribution in [3.8, 4) is 0 Å². The summed E-state index contributed by atoms with van der Waals surface area (Å²) in [7, 11) is 1.82. The molecule has 1 heterocycles. The van der Waals surface area contributed by atoms with Gasteiger partial charge in [0.25, 0.3) is 5.91 Å². The Morgan fingerprint density at radius 2 is 1.77 bits per heavy atom. The lowest BCUT2D eigenvalue weighted by atomic mass is 9.79. The number of benzene rings is 2. The summed E-state index contributed by atoms with van der Waals surface area (Å²) in [6.07, 6.45) is 1.97. The van der Waals surface area contributed by atoms with E-state index >= 15 is 0 Å². The van der Waals surface area contributed by atoms with E-state index in [9.17, 15) is 22.8 Å². The van der Waals surface area contributed by atoms with Crippen molar-refractivity contribution < 1.29 is 22.8 Å². The van der Waals surface area contributed by atoms with Crippen LogP contribution in [-0.4, -0.2) is 60.5 Å². The Morgan fingerprint density at radius 3 is 2.38 bits per heavy atom. The minimum atomic E-state index is -4.68. The Kier molecular flexibility index (Phi) is 7.85. The van der Waals surface area contributed by atoms with Gasteiger partial charge in [0.1, 0.15) is 0 Å². The fourth-order valence-corrected chi connectivity index (χ4v) is 6.56. The summed E-state index contributed by atoms with van der Waals surface area (Å²) in [6.45, 7) is 2.51. The van der Waals surface area contributed by atoms with Crippen LogP contribution in [0, 0.1) is 11.3 Å². The second-order valence-corrected chi connectivity index (χ2v) is 12.4. The van der Waals surface area contributed by atoms with Gasteiger partial charge >= 0.3 is 6.18 Å². The number of alkyl halides is 3. The number of carbonyl (C=O) groups is 2. The number of likely N-dealkylation sites (tertiary alicyclic amines) is 1. The number of carbonyl (C=O) groups excluding carboxylic acids is 2. The number of piperidine rings is 1.